The second-order valence-electron chi connectivity index (χ2n) is 6.67. The molecule has 0 bridgehead atoms. The molecular formula is C17H28NOS+. The Morgan fingerprint density at radius 1 is 1.20 bits per heavy atom. The lowest BCUT2D eigenvalue weighted by molar-refractivity contribution is 0.0614. The number of thiol groups is 1. The zero-order chi connectivity index (χ0) is 14.4. The van der Waals surface area contributed by atoms with Gasteiger partial charge in [-0.25, -0.2) is 0 Å². The largest absolute Gasteiger partial charge is 0.381 e. The fourth-order valence-corrected chi connectivity index (χ4v) is 3.33. The van der Waals surface area contributed by atoms with Crippen LogP contribution in [0.25, 0.3) is 0 Å². The molecule has 0 radical (unpaired) electrons. The molecule has 1 atom stereocenters. The SMILES string of the molecule is CC(C)(C)[SH+]NC(CC1CCOCC1)c1ccccc1. The van der Waals surface area contributed by atoms with Crippen LogP contribution in [0.3, 0.4) is 0 Å². The van der Waals surface area contributed by atoms with Crippen molar-refractivity contribution in [2.75, 3.05) is 13.2 Å². The molecular weight excluding hydrogens is 266 g/mol. The van der Waals surface area contributed by atoms with Gasteiger partial charge >= 0.3 is 0 Å². The zero-order valence-electron chi connectivity index (χ0n) is 12.9. The van der Waals surface area contributed by atoms with E-state index in [9.17, 15) is 0 Å². The van der Waals surface area contributed by atoms with Gasteiger partial charge in [0.15, 0.2) is 0 Å². The molecule has 1 heterocycles. The van der Waals surface area contributed by atoms with E-state index in [1.165, 1.54) is 36.8 Å². The van der Waals surface area contributed by atoms with Crippen molar-refractivity contribution in [1.29, 1.82) is 0 Å². The Morgan fingerprint density at radius 2 is 1.85 bits per heavy atom. The number of rotatable bonds is 5. The Kier molecular flexibility index (Phi) is 5.94. The molecule has 1 unspecified atom stereocenters. The highest BCUT2D eigenvalue weighted by Gasteiger charge is 2.26. The molecule has 1 aliphatic rings. The van der Waals surface area contributed by atoms with Crippen molar-refractivity contribution >= 4 is 11.9 Å². The van der Waals surface area contributed by atoms with Gasteiger partial charge in [0.2, 0.25) is 0 Å². The third kappa shape index (κ3) is 5.47. The summed E-state index contributed by atoms with van der Waals surface area (Å²) in [5.41, 5.74) is 1.41. The highest BCUT2D eigenvalue weighted by atomic mass is 32.2. The summed E-state index contributed by atoms with van der Waals surface area (Å²) < 4.78 is 9.53. The normalized spacial score (nSPS) is 18.9. The minimum atomic E-state index is 0.294. The Morgan fingerprint density at radius 3 is 2.45 bits per heavy atom. The highest BCUT2D eigenvalue weighted by molar-refractivity contribution is 7.77. The molecule has 2 nitrogen and oxygen atoms in total. The van der Waals surface area contributed by atoms with Crippen LogP contribution in [-0.4, -0.2) is 18.0 Å². The Labute approximate surface area is 127 Å². The smallest absolute Gasteiger partial charge is 0.136 e. The highest BCUT2D eigenvalue weighted by Crippen LogP contribution is 2.28. The summed E-state index contributed by atoms with van der Waals surface area (Å²) in [4.78, 5) is 0. The molecule has 0 aromatic heterocycles. The van der Waals surface area contributed by atoms with Gasteiger partial charge in [0.25, 0.3) is 0 Å². The van der Waals surface area contributed by atoms with Crippen LogP contribution in [0.1, 0.15) is 51.6 Å². The molecule has 0 amide bonds. The van der Waals surface area contributed by atoms with Crippen LogP contribution in [0.15, 0.2) is 30.3 Å². The second kappa shape index (κ2) is 7.48. The molecule has 3 heteroatoms. The fourth-order valence-electron chi connectivity index (χ4n) is 2.54. The van der Waals surface area contributed by atoms with Crippen LogP contribution >= 0.6 is 0 Å². The van der Waals surface area contributed by atoms with E-state index in [-0.39, 0.29) is 0 Å². The number of nitrogens with one attached hydrogen (secondary N) is 1. The predicted molar refractivity (Wildman–Crippen MR) is 89.0 cm³/mol. The van der Waals surface area contributed by atoms with E-state index in [1.807, 2.05) is 0 Å². The maximum Gasteiger partial charge on any atom is 0.136 e. The van der Waals surface area contributed by atoms with Gasteiger partial charge in [0.05, 0.1) is 18.0 Å². The Bertz CT molecular complexity index is 382. The molecule has 0 saturated carbocycles. The van der Waals surface area contributed by atoms with E-state index in [0.717, 1.165) is 19.1 Å². The van der Waals surface area contributed by atoms with Crippen molar-refractivity contribution < 1.29 is 4.74 Å². The van der Waals surface area contributed by atoms with E-state index in [1.54, 1.807) is 0 Å². The first-order chi connectivity index (χ1) is 9.54. The number of hydrogen-bond acceptors (Lipinski definition) is 2. The Balaban J connectivity index is 1.99. The summed E-state index contributed by atoms with van der Waals surface area (Å²) in [6.45, 7) is 8.69. The predicted octanol–water partition coefficient (Wildman–Crippen LogP) is 3.66. The molecule has 1 aliphatic heterocycles. The van der Waals surface area contributed by atoms with Crippen LogP contribution in [0.5, 0.6) is 0 Å². The summed E-state index contributed by atoms with van der Waals surface area (Å²) in [5, 5.41) is 0. The van der Waals surface area contributed by atoms with E-state index < -0.39 is 0 Å². The number of benzene rings is 1. The van der Waals surface area contributed by atoms with E-state index >= 15 is 0 Å². The molecule has 0 spiro atoms. The van der Waals surface area contributed by atoms with Gasteiger partial charge in [-0.1, -0.05) is 30.3 Å². The summed E-state index contributed by atoms with van der Waals surface area (Å²) >= 11 is 1.32. The molecule has 2 rings (SSSR count). The molecule has 1 aromatic carbocycles. The van der Waals surface area contributed by atoms with Gasteiger partial charge in [-0.2, -0.15) is 0 Å². The number of hydrogen-bond donors (Lipinski definition) is 1. The molecule has 1 saturated heterocycles. The molecule has 1 fully saturated rings. The standard InChI is InChI=1S/C17H27NOS/c1-17(2,3)20-18-16(15-7-5-4-6-8-15)13-14-9-11-19-12-10-14/h4-8,14,16,18H,9-13H2,1-3H3/p+1. The van der Waals surface area contributed by atoms with Crippen molar-refractivity contribution in [3.8, 4) is 0 Å². The monoisotopic (exact) mass is 294 g/mol. The lowest BCUT2D eigenvalue weighted by Gasteiger charge is -2.26. The van der Waals surface area contributed by atoms with Gasteiger partial charge in [0, 0.05) is 13.2 Å². The minimum absolute atomic E-state index is 0.294. The van der Waals surface area contributed by atoms with Crippen LogP contribution < -0.4 is 4.72 Å². The maximum atomic E-state index is 5.48. The van der Waals surface area contributed by atoms with Gasteiger partial charge in [-0.3, -0.25) is 0 Å². The van der Waals surface area contributed by atoms with Gasteiger partial charge < -0.3 is 4.74 Å². The van der Waals surface area contributed by atoms with Crippen LogP contribution in [0.2, 0.25) is 0 Å². The second-order valence-corrected chi connectivity index (χ2v) is 8.49. The van der Waals surface area contributed by atoms with Gasteiger partial charge in [-0.15, -0.1) is 4.72 Å². The molecule has 0 aliphatic carbocycles. The number of ether oxygens (including phenoxy) is 1. The zero-order valence-corrected chi connectivity index (χ0v) is 13.8. The molecule has 1 aromatic rings. The van der Waals surface area contributed by atoms with Crippen LogP contribution in [0.4, 0.5) is 0 Å². The van der Waals surface area contributed by atoms with E-state index in [4.69, 9.17) is 4.74 Å². The third-order valence-electron chi connectivity index (χ3n) is 3.67. The molecule has 112 valence electrons. The van der Waals surface area contributed by atoms with Gasteiger partial charge in [-0.05, 0) is 51.5 Å². The lowest BCUT2D eigenvalue weighted by atomic mass is 9.90. The van der Waals surface area contributed by atoms with Crippen molar-refractivity contribution in [3.63, 3.8) is 0 Å². The average molecular weight is 294 g/mol. The first-order valence-electron chi connectivity index (χ1n) is 7.65. The van der Waals surface area contributed by atoms with Crippen molar-refractivity contribution in [1.82, 2.24) is 4.72 Å². The average Bonchev–Trinajstić information content (AvgIpc) is 2.44. The van der Waals surface area contributed by atoms with Gasteiger partial charge in [0.1, 0.15) is 4.75 Å². The topological polar surface area (TPSA) is 21.3 Å². The lowest BCUT2D eigenvalue weighted by Crippen LogP contribution is -2.32. The third-order valence-corrected chi connectivity index (χ3v) is 4.78. The summed E-state index contributed by atoms with van der Waals surface area (Å²) in [6, 6.07) is 11.3. The van der Waals surface area contributed by atoms with Crippen molar-refractivity contribution in [2.24, 2.45) is 5.92 Å². The maximum absolute atomic E-state index is 5.48. The summed E-state index contributed by atoms with van der Waals surface area (Å²) in [5.74, 6) is 0.789. The van der Waals surface area contributed by atoms with Crippen LogP contribution in [-0.2, 0) is 16.7 Å². The summed E-state index contributed by atoms with van der Waals surface area (Å²) in [6.07, 6.45) is 3.63. The summed E-state index contributed by atoms with van der Waals surface area (Å²) in [7, 11) is 0. The Hall–Kier alpha value is -0.510. The molecule has 1 N–H and O–H groups in total. The first kappa shape index (κ1) is 15.9. The fraction of sp³-hybridized carbons (Fsp3) is 0.647. The van der Waals surface area contributed by atoms with Crippen molar-refractivity contribution in [3.05, 3.63) is 35.9 Å². The van der Waals surface area contributed by atoms with Crippen LogP contribution in [0, 0.1) is 5.92 Å². The van der Waals surface area contributed by atoms with E-state index in [2.05, 4.69) is 55.8 Å². The quantitative estimate of drug-likeness (QED) is 0.661. The minimum Gasteiger partial charge on any atom is -0.381 e. The van der Waals surface area contributed by atoms with Crippen molar-refractivity contribution in [2.45, 2.75) is 50.8 Å². The molecule has 20 heavy (non-hydrogen) atoms. The van der Waals surface area contributed by atoms with E-state index in [0.29, 0.717) is 10.8 Å². The first-order valence-corrected chi connectivity index (χ1v) is 8.54.